The van der Waals surface area contributed by atoms with Crippen molar-refractivity contribution >= 4 is 24.0 Å². The van der Waals surface area contributed by atoms with Crippen molar-refractivity contribution in [2.45, 2.75) is 25.7 Å². The number of aromatic carboxylic acids is 1. The molecule has 0 aliphatic carbocycles. The number of carboxylic acids is 1. The van der Waals surface area contributed by atoms with Crippen LogP contribution >= 0.6 is 0 Å². The van der Waals surface area contributed by atoms with Crippen LogP contribution in [0, 0.1) is 0 Å². The van der Waals surface area contributed by atoms with Gasteiger partial charge in [-0.1, -0.05) is 30.7 Å². The molecule has 1 heterocycles. The zero-order valence-corrected chi connectivity index (χ0v) is 12.7. The molecule has 0 bridgehead atoms. The number of benzene rings is 1. The summed E-state index contributed by atoms with van der Waals surface area (Å²) < 4.78 is 0. The molecule has 0 atom stereocenters. The van der Waals surface area contributed by atoms with Crippen LogP contribution in [0.25, 0.3) is 0 Å². The molecule has 7 heteroatoms. The number of hydrazone groups is 1. The van der Waals surface area contributed by atoms with Gasteiger partial charge in [0.25, 0.3) is 5.91 Å². The third-order valence-electron chi connectivity index (χ3n) is 3.56. The summed E-state index contributed by atoms with van der Waals surface area (Å²) in [4.78, 5) is 35.8. The smallest absolute Gasteiger partial charge is 0.259 e. The summed E-state index contributed by atoms with van der Waals surface area (Å²) in [6.45, 7) is 0.598. The van der Waals surface area contributed by atoms with E-state index in [-0.39, 0.29) is 23.9 Å². The second-order valence-corrected chi connectivity index (χ2v) is 5.33. The highest BCUT2D eigenvalue weighted by Gasteiger charge is 2.18. The molecule has 23 heavy (non-hydrogen) atoms. The monoisotopic (exact) mass is 316 g/mol. The number of rotatable bonds is 5. The molecule has 0 radical (unpaired) electrons. The number of carbonyl (C=O) groups is 3. The van der Waals surface area contributed by atoms with Crippen LogP contribution in [0.2, 0.25) is 0 Å². The van der Waals surface area contributed by atoms with Gasteiger partial charge in [-0.15, -0.1) is 0 Å². The molecule has 0 saturated carbocycles. The lowest BCUT2D eigenvalue weighted by atomic mass is 10.1. The van der Waals surface area contributed by atoms with Crippen molar-refractivity contribution in [2.75, 3.05) is 13.1 Å². The number of carbonyl (C=O) groups excluding carboxylic acids is 3. The highest BCUT2D eigenvalue weighted by Crippen LogP contribution is 2.10. The van der Waals surface area contributed by atoms with E-state index in [9.17, 15) is 19.5 Å². The third kappa shape index (κ3) is 5.21. The minimum Gasteiger partial charge on any atom is -0.545 e. The zero-order valence-electron chi connectivity index (χ0n) is 12.7. The van der Waals surface area contributed by atoms with E-state index in [1.807, 2.05) is 0 Å². The van der Waals surface area contributed by atoms with Gasteiger partial charge in [0, 0.05) is 13.0 Å². The Bertz CT molecular complexity index is 610. The van der Waals surface area contributed by atoms with Gasteiger partial charge in [-0.2, -0.15) is 5.10 Å². The number of nitrogens with one attached hydrogen (secondary N) is 1. The summed E-state index contributed by atoms with van der Waals surface area (Å²) in [6.07, 6.45) is 4.68. The molecule has 122 valence electrons. The topological polar surface area (TPSA) is 102 Å². The van der Waals surface area contributed by atoms with Crippen LogP contribution in [0.1, 0.15) is 41.6 Å². The van der Waals surface area contributed by atoms with Gasteiger partial charge < -0.3 is 14.8 Å². The molecule has 1 aromatic carbocycles. The first-order valence-electron chi connectivity index (χ1n) is 7.47. The molecule has 1 fully saturated rings. The predicted octanol–water partition coefficient (Wildman–Crippen LogP) is -0.0972. The molecule has 0 aromatic heterocycles. The molecular formula is C16H18N3O4-. The third-order valence-corrected chi connectivity index (χ3v) is 3.56. The van der Waals surface area contributed by atoms with Crippen LogP contribution in [0.3, 0.4) is 0 Å². The van der Waals surface area contributed by atoms with Crippen LogP contribution in [-0.4, -0.2) is 42.0 Å². The Balaban J connectivity index is 1.83. The van der Waals surface area contributed by atoms with E-state index in [2.05, 4.69) is 10.5 Å². The number of amides is 2. The molecule has 1 aliphatic rings. The Morgan fingerprint density at radius 1 is 1.22 bits per heavy atom. The minimum atomic E-state index is -1.25. The Kier molecular flexibility index (Phi) is 5.85. The molecule has 1 aliphatic heterocycles. The zero-order chi connectivity index (χ0) is 16.7. The van der Waals surface area contributed by atoms with Gasteiger partial charge in [-0.25, -0.2) is 5.43 Å². The predicted molar refractivity (Wildman–Crippen MR) is 81.6 cm³/mol. The van der Waals surface area contributed by atoms with Crippen LogP contribution in [0.15, 0.2) is 29.4 Å². The van der Waals surface area contributed by atoms with E-state index in [4.69, 9.17) is 0 Å². The largest absolute Gasteiger partial charge is 0.545 e. The van der Waals surface area contributed by atoms with Crippen molar-refractivity contribution in [3.63, 3.8) is 0 Å². The average Bonchev–Trinajstić information content (AvgIpc) is 2.73. The van der Waals surface area contributed by atoms with Crippen molar-refractivity contribution in [3.8, 4) is 0 Å². The van der Waals surface area contributed by atoms with Gasteiger partial charge in [-0.05, 0) is 24.0 Å². The van der Waals surface area contributed by atoms with Gasteiger partial charge in [0.2, 0.25) is 5.91 Å². The molecular weight excluding hydrogens is 298 g/mol. The van der Waals surface area contributed by atoms with Crippen LogP contribution in [0.5, 0.6) is 0 Å². The van der Waals surface area contributed by atoms with Crippen molar-refractivity contribution in [1.82, 2.24) is 10.3 Å². The fraction of sp³-hybridized carbons (Fsp3) is 0.375. The SMILES string of the molecule is O=C(CN1CCCCCC1=O)N/N=C\c1ccc(C(=O)[O-])cc1. The number of likely N-dealkylation sites (tertiary alicyclic amines) is 1. The molecule has 1 aromatic rings. The first-order valence-corrected chi connectivity index (χ1v) is 7.47. The van der Waals surface area contributed by atoms with E-state index in [1.54, 1.807) is 17.0 Å². The van der Waals surface area contributed by atoms with Gasteiger partial charge >= 0.3 is 0 Å². The summed E-state index contributed by atoms with van der Waals surface area (Å²) in [5.74, 6) is -1.61. The van der Waals surface area contributed by atoms with E-state index in [0.29, 0.717) is 18.5 Å². The number of hydrogen-bond donors (Lipinski definition) is 1. The van der Waals surface area contributed by atoms with Gasteiger partial charge in [-0.3, -0.25) is 9.59 Å². The van der Waals surface area contributed by atoms with E-state index >= 15 is 0 Å². The molecule has 0 unspecified atom stereocenters. The van der Waals surface area contributed by atoms with Gasteiger partial charge in [0.05, 0.1) is 12.2 Å². The van der Waals surface area contributed by atoms with Crippen molar-refractivity contribution < 1.29 is 19.5 Å². The molecule has 7 nitrogen and oxygen atoms in total. The maximum Gasteiger partial charge on any atom is 0.259 e. The molecule has 2 rings (SSSR count). The summed E-state index contributed by atoms with van der Waals surface area (Å²) in [7, 11) is 0. The van der Waals surface area contributed by atoms with Crippen LogP contribution in [0.4, 0.5) is 0 Å². The van der Waals surface area contributed by atoms with E-state index < -0.39 is 5.97 Å². The lowest BCUT2D eigenvalue weighted by molar-refractivity contribution is -0.255. The van der Waals surface area contributed by atoms with Gasteiger partial charge in [0.15, 0.2) is 0 Å². The highest BCUT2D eigenvalue weighted by molar-refractivity contribution is 5.88. The maximum absolute atomic E-state index is 11.8. The standard InChI is InChI=1S/C16H19N3O4/c20-14(11-19-9-3-1-2-4-15(19)21)18-17-10-12-5-7-13(8-6-12)16(22)23/h5-8,10H,1-4,9,11H2,(H,18,20)(H,22,23)/p-1/b17-10-. The lowest BCUT2D eigenvalue weighted by Gasteiger charge is -2.18. The van der Waals surface area contributed by atoms with Crippen LogP contribution in [-0.2, 0) is 9.59 Å². The summed E-state index contributed by atoms with van der Waals surface area (Å²) in [5.41, 5.74) is 3.08. The lowest BCUT2D eigenvalue weighted by Crippen LogP contribution is -2.39. The maximum atomic E-state index is 11.8. The Morgan fingerprint density at radius 2 is 1.96 bits per heavy atom. The second-order valence-electron chi connectivity index (χ2n) is 5.33. The molecule has 2 amide bonds. The Labute approximate surface area is 134 Å². The van der Waals surface area contributed by atoms with Crippen LogP contribution < -0.4 is 10.5 Å². The minimum absolute atomic E-state index is 0.000204. The Morgan fingerprint density at radius 3 is 2.65 bits per heavy atom. The first-order chi connectivity index (χ1) is 11.1. The summed E-state index contributed by atoms with van der Waals surface area (Å²) >= 11 is 0. The number of carboxylic acid groups (broad SMARTS) is 1. The van der Waals surface area contributed by atoms with E-state index in [1.165, 1.54) is 18.3 Å². The van der Waals surface area contributed by atoms with Crippen molar-refractivity contribution in [1.29, 1.82) is 0 Å². The first kappa shape index (κ1) is 16.7. The van der Waals surface area contributed by atoms with E-state index in [0.717, 1.165) is 19.3 Å². The fourth-order valence-electron chi connectivity index (χ4n) is 2.30. The summed E-state index contributed by atoms with van der Waals surface area (Å²) in [6, 6.07) is 5.90. The highest BCUT2D eigenvalue weighted by atomic mass is 16.4. The quantitative estimate of drug-likeness (QED) is 0.605. The molecule has 1 saturated heterocycles. The Hall–Kier alpha value is -2.70. The molecule has 1 N–H and O–H groups in total. The fourth-order valence-corrected chi connectivity index (χ4v) is 2.30. The normalized spacial score (nSPS) is 15.5. The average molecular weight is 316 g/mol. The second kappa shape index (κ2) is 8.07. The number of hydrogen-bond acceptors (Lipinski definition) is 5. The van der Waals surface area contributed by atoms with Gasteiger partial charge in [0.1, 0.15) is 6.54 Å². The molecule has 0 spiro atoms. The number of nitrogens with zero attached hydrogens (tertiary/aromatic N) is 2. The van der Waals surface area contributed by atoms with Crippen molar-refractivity contribution in [2.24, 2.45) is 5.10 Å². The summed E-state index contributed by atoms with van der Waals surface area (Å²) in [5, 5.41) is 14.4. The van der Waals surface area contributed by atoms with Crippen molar-refractivity contribution in [3.05, 3.63) is 35.4 Å².